The largest absolute Gasteiger partial charge is 0.489 e. The molecule has 1 aliphatic rings. The maximum absolute atomic E-state index is 13.4. The third kappa shape index (κ3) is 5.52. The van der Waals surface area contributed by atoms with Gasteiger partial charge in [-0.05, 0) is 39.0 Å². The molecule has 2 heterocycles. The first-order valence-electron chi connectivity index (χ1n) is 10.0. The number of benzene rings is 1. The number of aryl methyl sites for hydroxylation is 1. The summed E-state index contributed by atoms with van der Waals surface area (Å²) in [7, 11) is -4.52. The van der Waals surface area contributed by atoms with Crippen molar-refractivity contribution in [1.29, 1.82) is 0 Å². The average Bonchev–Trinajstić information content (AvgIpc) is 3.15. The number of carbonyl (C=O) groups is 1. The van der Waals surface area contributed by atoms with Gasteiger partial charge in [0.25, 0.3) is 15.9 Å². The molecule has 0 spiro atoms. The minimum absolute atomic E-state index is 0.0635. The Labute approximate surface area is 196 Å². The number of hydrogen-bond acceptors (Lipinski definition) is 7. The van der Waals surface area contributed by atoms with Crippen molar-refractivity contribution in [3.05, 3.63) is 24.4 Å². The van der Waals surface area contributed by atoms with Crippen LogP contribution in [0, 0.1) is 0 Å². The molecule has 1 aliphatic heterocycles. The lowest BCUT2D eigenvalue weighted by molar-refractivity contribution is -0.242. The minimum atomic E-state index is -4.83. The number of nitrogens with one attached hydrogen (secondary N) is 1. The van der Waals surface area contributed by atoms with E-state index in [0.29, 0.717) is 13.8 Å². The van der Waals surface area contributed by atoms with Crippen molar-refractivity contribution in [2.24, 2.45) is 0 Å². The molecule has 0 atom stereocenters. The van der Waals surface area contributed by atoms with Gasteiger partial charge in [0.15, 0.2) is 4.90 Å². The normalized spacial score (nSPS) is 14.4. The van der Waals surface area contributed by atoms with Gasteiger partial charge >= 0.3 is 18.9 Å². The summed E-state index contributed by atoms with van der Waals surface area (Å²) >= 11 is 0. The molecule has 194 valence electrons. The van der Waals surface area contributed by atoms with E-state index in [0.717, 1.165) is 21.3 Å². The zero-order chi connectivity index (χ0) is 26.2. The molecule has 1 aromatic heterocycles. The number of sulfonamides is 1. The molecule has 0 aliphatic carbocycles. The Morgan fingerprint density at radius 2 is 1.97 bits per heavy atom. The fraction of sp³-hybridized carbons (Fsp3) is 0.474. The summed E-state index contributed by atoms with van der Waals surface area (Å²) in [6.45, 7) is -0.558. The second kappa shape index (κ2) is 9.39. The smallest absolute Gasteiger partial charge is 0.427 e. The van der Waals surface area contributed by atoms with Crippen molar-refractivity contribution in [3.8, 4) is 11.6 Å². The Morgan fingerprint density at radius 3 is 2.57 bits per heavy atom. The van der Waals surface area contributed by atoms with E-state index < -0.39 is 45.3 Å². The molecule has 10 nitrogen and oxygen atoms in total. The first-order chi connectivity index (χ1) is 16.2. The first kappa shape index (κ1) is 26.3. The first-order valence-corrected chi connectivity index (χ1v) is 11.5. The monoisotopic (exact) mass is 528 g/mol. The van der Waals surface area contributed by atoms with Gasteiger partial charge in [-0.25, -0.2) is 13.2 Å². The molecule has 0 saturated carbocycles. The van der Waals surface area contributed by atoms with Crippen molar-refractivity contribution in [2.45, 2.75) is 50.6 Å². The van der Waals surface area contributed by atoms with E-state index in [1.165, 1.54) is 12.1 Å². The Kier molecular flexibility index (Phi) is 7.06. The number of rotatable bonds is 7. The highest BCUT2D eigenvalue weighted by Crippen LogP contribution is 2.39. The number of halogens is 5. The van der Waals surface area contributed by atoms with Gasteiger partial charge in [0.2, 0.25) is 5.60 Å². The maximum atomic E-state index is 13.4. The number of anilines is 2. The number of carbonyl (C=O) groups excluding carboxylic acids is 1. The van der Waals surface area contributed by atoms with Crippen LogP contribution in [0.4, 0.5) is 38.1 Å². The SMILES string of the molecule is CCn1cc(S(=O)(=O)N2CCOc3ccc(NC(=O)OC(C)(C)C(F)(F)F)cc32)c(OC(F)F)n1. The van der Waals surface area contributed by atoms with Crippen molar-refractivity contribution < 1.29 is 49.4 Å². The number of hydrogen-bond donors (Lipinski definition) is 1. The van der Waals surface area contributed by atoms with Gasteiger partial charge < -0.3 is 14.2 Å². The number of aromatic nitrogens is 2. The summed E-state index contributed by atoms with van der Waals surface area (Å²) in [4.78, 5) is 11.4. The van der Waals surface area contributed by atoms with E-state index >= 15 is 0 Å². The summed E-state index contributed by atoms with van der Waals surface area (Å²) in [5.74, 6) is -0.740. The minimum Gasteiger partial charge on any atom is -0.489 e. The molecule has 16 heteroatoms. The molecule has 1 amide bonds. The molecule has 0 fully saturated rings. The molecule has 3 rings (SSSR count). The molecule has 1 aromatic carbocycles. The van der Waals surface area contributed by atoms with Crippen LogP contribution in [-0.2, 0) is 21.3 Å². The highest BCUT2D eigenvalue weighted by atomic mass is 32.2. The van der Waals surface area contributed by atoms with Crippen molar-refractivity contribution in [2.75, 3.05) is 22.8 Å². The number of ether oxygens (including phenoxy) is 3. The number of alkyl halides is 5. The summed E-state index contributed by atoms with van der Waals surface area (Å²) in [6.07, 6.45) is -5.24. The number of fused-ring (bicyclic) bond motifs is 1. The molecular weight excluding hydrogens is 507 g/mol. The molecule has 35 heavy (non-hydrogen) atoms. The van der Waals surface area contributed by atoms with Gasteiger partial charge in [-0.1, -0.05) is 0 Å². The molecule has 2 aromatic rings. The Morgan fingerprint density at radius 1 is 1.29 bits per heavy atom. The van der Waals surface area contributed by atoms with E-state index in [2.05, 4.69) is 19.9 Å². The predicted molar refractivity (Wildman–Crippen MR) is 111 cm³/mol. The lowest BCUT2D eigenvalue weighted by Crippen LogP contribution is -2.44. The van der Waals surface area contributed by atoms with Gasteiger partial charge in [-0.15, -0.1) is 5.10 Å². The third-order valence-electron chi connectivity index (χ3n) is 4.85. The van der Waals surface area contributed by atoms with Gasteiger partial charge in [-0.2, -0.15) is 22.0 Å². The number of nitrogens with zero attached hydrogens (tertiary/aromatic N) is 3. The van der Waals surface area contributed by atoms with Gasteiger partial charge in [-0.3, -0.25) is 14.3 Å². The highest BCUT2D eigenvalue weighted by molar-refractivity contribution is 7.93. The number of amides is 1. The Hall–Kier alpha value is -3.30. The second-order valence-corrected chi connectivity index (χ2v) is 9.49. The quantitative estimate of drug-likeness (QED) is 0.541. The van der Waals surface area contributed by atoms with Crippen LogP contribution in [0.3, 0.4) is 0 Å². The van der Waals surface area contributed by atoms with E-state index in [9.17, 15) is 35.2 Å². The van der Waals surface area contributed by atoms with Crippen molar-refractivity contribution in [3.63, 3.8) is 0 Å². The fourth-order valence-electron chi connectivity index (χ4n) is 2.96. The van der Waals surface area contributed by atoms with Crippen molar-refractivity contribution in [1.82, 2.24) is 9.78 Å². The molecule has 0 saturated heterocycles. The van der Waals surface area contributed by atoms with E-state index in [1.54, 1.807) is 6.92 Å². The molecule has 0 unspecified atom stereocenters. The van der Waals surface area contributed by atoms with Crippen LogP contribution >= 0.6 is 0 Å². The van der Waals surface area contributed by atoms with E-state index in [1.807, 2.05) is 0 Å². The summed E-state index contributed by atoms with van der Waals surface area (Å²) in [6, 6.07) is 3.68. The Balaban J connectivity index is 1.93. The topological polar surface area (TPSA) is 112 Å². The van der Waals surface area contributed by atoms with Crippen LogP contribution in [0.5, 0.6) is 11.6 Å². The van der Waals surface area contributed by atoms with Gasteiger partial charge in [0.1, 0.15) is 12.4 Å². The lowest BCUT2D eigenvalue weighted by Gasteiger charge is -2.31. The van der Waals surface area contributed by atoms with Crippen LogP contribution in [0.1, 0.15) is 20.8 Å². The van der Waals surface area contributed by atoms with Crippen LogP contribution in [-0.4, -0.2) is 55.8 Å². The van der Waals surface area contributed by atoms with Crippen LogP contribution in [0.2, 0.25) is 0 Å². The zero-order valence-corrected chi connectivity index (χ0v) is 19.4. The summed E-state index contributed by atoms with van der Waals surface area (Å²) in [5, 5.41) is 5.81. The third-order valence-corrected chi connectivity index (χ3v) is 6.64. The van der Waals surface area contributed by atoms with Crippen LogP contribution in [0.25, 0.3) is 0 Å². The van der Waals surface area contributed by atoms with Crippen LogP contribution < -0.4 is 19.1 Å². The highest BCUT2D eigenvalue weighted by Gasteiger charge is 2.51. The lowest BCUT2D eigenvalue weighted by atomic mass is 10.1. The van der Waals surface area contributed by atoms with Gasteiger partial charge in [0.05, 0.1) is 12.2 Å². The standard InChI is InChI=1S/C19H21F5N4O6S/c1-4-27-10-14(15(26-27)33-16(20)21)35(30,31)28-7-8-32-13-6-5-11(9-12(13)28)25-17(29)34-18(2,3)19(22,23)24/h5-6,9-10,16H,4,7-8H2,1-3H3,(H,25,29). The summed E-state index contributed by atoms with van der Waals surface area (Å²) in [5.41, 5.74) is -2.99. The zero-order valence-electron chi connectivity index (χ0n) is 18.6. The van der Waals surface area contributed by atoms with Crippen LogP contribution in [0.15, 0.2) is 29.3 Å². The fourth-order valence-corrected chi connectivity index (χ4v) is 4.48. The molecule has 1 N–H and O–H groups in total. The average molecular weight is 528 g/mol. The Bertz CT molecular complexity index is 1200. The predicted octanol–water partition coefficient (Wildman–Crippen LogP) is 3.98. The maximum Gasteiger partial charge on any atom is 0.427 e. The van der Waals surface area contributed by atoms with E-state index in [4.69, 9.17) is 4.74 Å². The molecule has 0 radical (unpaired) electrons. The van der Waals surface area contributed by atoms with Gasteiger partial charge in [0, 0.05) is 18.4 Å². The van der Waals surface area contributed by atoms with Crippen molar-refractivity contribution >= 4 is 27.5 Å². The second-order valence-electron chi connectivity index (χ2n) is 7.66. The van der Waals surface area contributed by atoms with E-state index in [-0.39, 0.29) is 36.8 Å². The summed E-state index contributed by atoms with van der Waals surface area (Å²) < 4.78 is 107. The molecule has 0 bridgehead atoms. The molecular formula is C19H21F5N4O6S.